The van der Waals surface area contributed by atoms with Gasteiger partial charge in [-0.05, 0) is 6.42 Å². The van der Waals surface area contributed by atoms with Gasteiger partial charge in [-0.3, -0.25) is 10.2 Å². The molecule has 0 aliphatic heterocycles. The highest BCUT2D eigenvalue weighted by Gasteiger charge is 2.00. The van der Waals surface area contributed by atoms with E-state index in [0.717, 1.165) is 6.42 Å². The second kappa shape index (κ2) is 7.35. The van der Waals surface area contributed by atoms with Crippen molar-refractivity contribution >= 4 is 11.9 Å². The molecule has 76 valence electrons. The van der Waals surface area contributed by atoms with Gasteiger partial charge in [0.2, 0.25) is 5.91 Å². The lowest BCUT2D eigenvalue weighted by atomic mass is 10.4. The quantitative estimate of drug-likeness (QED) is 0.255. The van der Waals surface area contributed by atoms with Crippen molar-refractivity contribution in [2.45, 2.75) is 19.8 Å². The van der Waals surface area contributed by atoms with E-state index in [0.29, 0.717) is 13.1 Å². The molecule has 0 aliphatic carbocycles. The molecule has 0 saturated heterocycles. The molecular weight excluding hydrogens is 172 g/mol. The van der Waals surface area contributed by atoms with Crippen LogP contribution < -0.4 is 21.9 Å². The first-order chi connectivity index (χ1) is 6.20. The van der Waals surface area contributed by atoms with Gasteiger partial charge in [0.05, 0.1) is 0 Å². The Balaban J connectivity index is 3.31. The third-order valence-electron chi connectivity index (χ3n) is 1.34. The summed E-state index contributed by atoms with van der Waals surface area (Å²) in [6.45, 7) is 2.93. The number of hydrogen-bond donors (Lipinski definition) is 4. The van der Waals surface area contributed by atoms with Crippen molar-refractivity contribution in [3.8, 4) is 0 Å². The lowest BCUT2D eigenvalue weighted by Crippen LogP contribution is -2.41. The predicted octanol–water partition coefficient (Wildman–Crippen LogP) is -0.924. The van der Waals surface area contributed by atoms with Crippen LogP contribution in [0.5, 0.6) is 0 Å². The lowest BCUT2D eigenvalue weighted by Gasteiger charge is -2.04. The molecule has 6 heteroatoms. The molecule has 0 saturated carbocycles. The van der Waals surface area contributed by atoms with E-state index in [-0.39, 0.29) is 12.3 Å². The van der Waals surface area contributed by atoms with Crippen LogP contribution in [0.2, 0.25) is 0 Å². The van der Waals surface area contributed by atoms with Crippen molar-refractivity contribution < 1.29 is 9.59 Å². The molecule has 0 aromatic carbocycles. The van der Waals surface area contributed by atoms with Crippen molar-refractivity contribution in [2.75, 3.05) is 13.1 Å². The predicted molar refractivity (Wildman–Crippen MR) is 48.6 cm³/mol. The second-order valence-corrected chi connectivity index (χ2v) is 2.50. The molecule has 0 aromatic heterocycles. The third kappa shape index (κ3) is 7.07. The second-order valence-electron chi connectivity index (χ2n) is 2.50. The molecule has 0 rings (SSSR count). The number of hydrogen-bond acceptors (Lipinski definition) is 3. The van der Waals surface area contributed by atoms with E-state index < -0.39 is 6.03 Å². The van der Waals surface area contributed by atoms with E-state index in [2.05, 4.69) is 10.6 Å². The first kappa shape index (κ1) is 11.7. The van der Waals surface area contributed by atoms with Gasteiger partial charge in [0, 0.05) is 19.5 Å². The van der Waals surface area contributed by atoms with Crippen molar-refractivity contribution in [1.82, 2.24) is 16.1 Å². The Morgan fingerprint density at radius 3 is 2.46 bits per heavy atom. The standard InChI is InChI=1S/C7H16N4O2/c1-2-4-9-6(12)3-5-10-7(13)11-8/h2-5,8H2,1H3,(H,9,12)(H2,10,11,13). The molecule has 0 unspecified atom stereocenters. The van der Waals surface area contributed by atoms with Crippen LogP contribution in [0.15, 0.2) is 0 Å². The van der Waals surface area contributed by atoms with Crippen LogP contribution in [0.1, 0.15) is 19.8 Å². The zero-order chi connectivity index (χ0) is 10.1. The van der Waals surface area contributed by atoms with Crippen molar-refractivity contribution in [3.05, 3.63) is 0 Å². The summed E-state index contributed by atoms with van der Waals surface area (Å²) in [6, 6.07) is -0.483. The normalized spacial score (nSPS) is 9.08. The highest BCUT2D eigenvalue weighted by Crippen LogP contribution is 1.78. The number of hydrazine groups is 1. The number of amides is 3. The molecule has 5 N–H and O–H groups in total. The summed E-state index contributed by atoms with van der Waals surface area (Å²) in [5.74, 6) is 4.74. The molecule has 0 aliphatic rings. The molecule has 13 heavy (non-hydrogen) atoms. The Labute approximate surface area is 77.2 Å². The molecule has 0 atom stereocenters. The van der Waals surface area contributed by atoms with Crippen LogP contribution in [0.4, 0.5) is 4.79 Å². The van der Waals surface area contributed by atoms with Gasteiger partial charge in [-0.1, -0.05) is 6.92 Å². The summed E-state index contributed by atoms with van der Waals surface area (Å²) < 4.78 is 0. The first-order valence-electron chi connectivity index (χ1n) is 4.21. The fourth-order valence-electron chi connectivity index (χ4n) is 0.693. The van der Waals surface area contributed by atoms with Gasteiger partial charge in [-0.2, -0.15) is 0 Å². The maximum atomic E-state index is 11.0. The topological polar surface area (TPSA) is 96.2 Å². The Bertz CT molecular complexity index is 172. The Morgan fingerprint density at radius 2 is 1.92 bits per heavy atom. The average Bonchev–Trinajstić information content (AvgIpc) is 2.14. The highest BCUT2D eigenvalue weighted by molar-refractivity contribution is 5.77. The fourth-order valence-corrected chi connectivity index (χ4v) is 0.693. The number of rotatable bonds is 5. The number of nitrogens with two attached hydrogens (primary N) is 1. The fraction of sp³-hybridized carbons (Fsp3) is 0.714. The molecule has 0 bridgehead atoms. The van der Waals surface area contributed by atoms with Gasteiger partial charge in [0.25, 0.3) is 0 Å². The number of carbonyl (C=O) groups is 2. The van der Waals surface area contributed by atoms with Gasteiger partial charge < -0.3 is 10.6 Å². The van der Waals surface area contributed by atoms with E-state index in [1.165, 1.54) is 0 Å². The van der Waals surface area contributed by atoms with Crippen LogP contribution in [-0.4, -0.2) is 25.0 Å². The molecule has 6 nitrogen and oxygen atoms in total. The lowest BCUT2D eigenvalue weighted by molar-refractivity contribution is -0.120. The summed E-state index contributed by atoms with van der Waals surface area (Å²) in [5, 5.41) is 5.09. The van der Waals surface area contributed by atoms with Gasteiger partial charge in [-0.25, -0.2) is 10.6 Å². The van der Waals surface area contributed by atoms with E-state index in [1.54, 1.807) is 0 Å². The molecule has 0 spiro atoms. The van der Waals surface area contributed by atoms with Gasteiger partial charge >= 0.3 is 6.03 Å². The van der Waals surface area contributed by atoms with E-state index in [9.17, 15) is 9.59 Å². The van der Waals surface area contributed by atoms with Crippen LogP contribution in [0.3, 0.4) is 0 Å². The van der Waals surface area contributed by atoms with Crippen LogP contribution in [0, 0.1) is 0 Å². The zero-order valence-corrected chi connectivity index (χ0v) is 7.72. The smallest absolute Gasteiger partial charge is 0.328 e. The number of nitrogens with one attached hydrogen (secondary N) is 3. The Hall–Kier alpha value is -1.30. The maximum Gasteiger partial charge on any atom is 0.328 e. The van der Waals surface area contributed by atoms with Gasteiger partial charge in [0.1, 0.15) is 0 Å². The zero-order valence-electron chi connectivity index (χ0n) is 7.72. The SMILES string of the molecule is CCCNC(=O)CCNC(=O)NN. The van der Waals surface area contributed by atoms with E-state index in [1.807, 2.05) is 12.3 Å². The number of carbonyl (C=O) groups excluding carboxylic acids is 2. The number of urea groups is 1. The Morgan fingerprint density at radius 1 is 1.23 bits per heavy atom. The third-order valence-corrected chi connectivity index (χ3v) is 1.34. The summed E-state index contributed by atoms with van der Waals surface area (Å²) in [4.78, 5) is 21.5. The van der Waals surface area contributed by atoms with E-state index in [4.69, 9.17) is 5.84 Å². The molecule has 0 radical (unpaired) electrons. The minimum atomic E-state index is -0.483. The maximum absolute atomic E-state index is 11.0. The van der Waals surface area contributed by atoms with Crippen LogP contribution in [-0.2, 0) is 4.79 Å². The van der Waals surface area contributed by atoms with Crippen molar-refractivity contribution in [1.29, 1.82) is 0 Å². The largest absolute Gasteiger partial charge is 0.356 e. The summed E-state index contributed by atoms with van der Waals surface area (Å²) in [7, 11) is 0. The summed E-state index contributed by atoms with van der Waals surface area (Å²) in [6.07, 6.45) is 1.18. The molecule has 0 fully saturated rings. The van der Waals surface area contributed by atoms with Gasteiger partial charge in [-0.15, -0.1) is 0 Å². The average molecular weight is 188 g/mol. The first-order valence-corrected chi connectivity index (χ1v) is 4.21. The highest BCUT2D eigenvalue weighted by atomic mass is 16.2. The van der Waals surface area contributed by atoms with Crippen molar-refractivity contribution in [3.63, 3.8) is 0 Å². The molecular formula is C7H16N4O2. The van der Waals surface area contributed by atoms with Gasteiger partial charge in [0.15, 0.2) is 0 Å². The molecule has 0 aromatic rings. The summed E-state index contributed by atoms with van der Waals surface area (Å²) in [5.41, 5.74) is 1.90. The monoisotopic (exact) mass is 188 g/mol. The Kier molecular flexibility index (Phi) is 6.62. The molecule has 0 heterocycles. The minimum Gasteiger partial charge on any atom is -0.356 e. The minimum absolute atomic E-state index is 0.0702. The van der Waals surface area contributed by atoms with Crippen LogP contribution in [0.25, 0.3) is 0 Å². The van der Waals surface area contributed by atoms with Crippen LogP contribution >= 0.6 is 0 Å². The molecule has 3 amide bonds. The van der Waals surface area contributed by atoms with Crippen molar-refractivity contribution in [2.24, 2.45) is 5.84 Å². The van der Waals surface area contributed by atoms with E-state index >= 15 is 0 Å². The summed E-state index contributed by atoms with van der Waals surface area (Å²) >= 11 is 0.